The van der Waals surface area contributed by atoms with Crippen molar-refractivity contribution in [3.8, 4) is 16.9 Å². The van der Waals surface area contributed by atoms with Gasteiger partial charge < -0.3 is 13.9 Å². The molecule has 0 aromatic heterocycles. The molecule has 0 radical (unpaired) electrons. The first-order valence-electron chi connectivity index (χ1n) is 12.6. The third kappa shape index (κ3) is 5.56. The fraction of sp³-hybridized carbons (Fsp3) is 0.312. The number of halogens is 1. The molecule has 37 heavy (non-hydrogen) atoms. The van der Waals surface area contributed by atoms with E-state index in [2.05, 4.69) is 135 Å². The number of rotatable bonds is 7. The van der Waals surface area contributed by atoms with Gasteiger partial charge in [-0.15, -0.1) is 0 Å². The molecule has 3 nitrogen and oxygen atoms in total. The molecule has 3 aromatic rings. The van der Waals surface area contributed by atoms with Crippen molar-refractivity contribution >= 4 is 24.2 Å². The van der Waals surface area contributed by atoms with Gasteiger partial charge in [0.25, 0.3) is 0 Å². The third-order valence-electron chi connectivity index (χ3n) is 7.83. The minimum absolute atomic E-state index is 0.169. The zero-order valence-corrected chi connectivity index (χ0v) is 25.4. The molecule has 0 saturated heterocycles. The fourth-order valence-corrected chi connectivity index (χ4v) is 5.59. The predicted octanol–water partition coefficient (Wildman–Crippen LogP) is 9.01. The first kappa shape index (κ1) is 27.6. The van der Waals surface area contributed by atoms with E-state index < -0.39 is 19.5 Å². The first-order valence-corrected chi connectivity index (χ1v) is 16.3. The molecule has 0 unspecified atom stereocenters. The van der Waals surface area contributed by atoms with Crippen molar-refractivity contribution < 1.29 is 13.9 Å². The van der Waals surface area contributed by atoms with Crippen molar-refractivity contribution in [2.24, 2.45) is 0 Å². The molecule has 0 heterocycles. The van der Waals surface area contributed by atoms with Crippen molar-refractivity contribution in [2.45, 2.75) is 50.1 Å². The number of methoxy groups -OCH3 is 2. The van der Waals surface area contributed by atoms with Crippen LogP contribution in [0.25, 0.3) is 11.1 Å². The summed E-state index contributed by atoms with van der Waals surface area (Å²) < 4.78 is 19.5. The van der Waals surface area contributed by atoms with Gasteiger partial charge in [-0.3, -0.25) is 0 Å². The van der Waals surface area contributed by atoms with Gasteiger partial charge in [-0.2, -0.15) is 0 Å². The van der Waals surface area contributed by atoms with Gasteiger partial charge >= 0.3 is 0 Å². The van der Waals surface area contributed by atoms with E-state index in [1.165, 1.54) is 0 Å². The number of hydrogen-bond donors (Lipinski definition) is 0. The van der Waals surface area contributed by atoms with Crippen LogP contribution in [0, 0.1) is 0 Å². The van der Waals surface area contributed by atoms with Crippen LogP contribution in [0.4, 0.5) is 0 Å². The Morgan fingerprint density at radius 2 is 1.00 bits per heavy atom. The molecule has 194 valence electrons. The first-order chi connectivity index (χ1) is 17.4. The Bertz CT molecular complexity index is 1250. The minimum Gasteiger partial charge on any atom is -0.544 e. The van der Waals surface area contributed by atoms with E-state index in [1.54, 1.807) is 14.2 Å². The minimum atomic E-state index is -1.86. The van der Waals surface area contributed by atoms with Gasteiger partial charge in [-0.05, 0) is 89.0 Å². The molecule has 3 aromatic carbocycles. The van der Waals surface area contributed by atoms with E-state index >= 15 is 0 Å². The van der Waals surface area contributed by atoms with Crippen LogP contribution in [-0.2, 0) is 20.7 Å². The van der Waals surface area contributed by atoms with Gasteiger partial charge in [-0.25, -0.2) is 0 Å². The highest BCUT2D eigenvalue weighted by Crippen LogP contribution is 2.41. The molecular formula is C32H37BrO3Si. The number of benzene rings is 3. The molecule has 4 rings (SSSR count). The maximum Gasteiger partial charge on any atom is 0.250 e. The van der Waals surface area contributed by atoms with E-state index in [9.17, 15) is 0 Å². The molecule has 5 heteroatoms. The van der Waals surface area contributed by atoms with Gasteiger partial charge in [0, 0.05) is 18.7 Å². The van der Waals surface area contributed by atoms with Gasteiger partial charge in [0.2, 0.25) is 8.32 Å². The van der Waals surface area contributed by atoms with Gasteiger partial charge in [-0.1, -0.05) is 85.2 Å². The summed E-state index contributed by atoms with van der Waals surface area (Å²) in [7, 11) is 1.61. The highest BCUT2D eigenvalue weighted by molar-refractivity contribution is 9.10. The summed E-state index contributed by atoms with van der Waals surface area (Å²) in [5, 5.41) is 0.169. The van der Waals surface area contributed by atoms with Gasteiger partial charge in [0.05, 0.1) is 0 Å². The monoisotopic (exact) mass is 576 g/mol. The van der Waals surface area contributed by atoms with E-state index in [1.807, 2.05) is 12.1 Å². The fourth-order valence-electron chi connectivity index (χ4n) is 4.30. The van der Waals surface area contributed by atoms with Crippen LogP contribution in [0.2, 0.25) is 18.1 Å². The van der Waals surface area contributed by atoms with Crippen molar-refractivity contribution in [2.75, 3.05) is 14.2 Å². The summed E-state index contributed by atoms with van der Waals surface area (Å²) in [5.74, 6) is 0.940. The van der Waals surface area contributed by atoms with Gasteiger partial charge in [0.15, 0.2) is 0 Å². The summed E-state index contributed by atoms with van der Waals surface area (Å²) in [4.78, 5) is 0. The lowest BCUT2D eigenvalue weighted by atomic mass is 9.81. The summed E-state index contributed by atoms with van der Waals surface area (Å²) in [6.45, 7) is 11.3. The third-order valence-corrected chi connectivity index (χ3v) is 12.7. The lowest BCUT2D eigenvalue weighted by Crippen LogP contribution is -2.43. The molecule has 0 fully saturated rings. The van der Waals surface area contributed by atoms with Crippen LogP contribution in [0.5, 0.6) is 5.75 Å². The molecule has 0 N–H and O–H groups in total. The number of ether oxygens (including phenoxy) is 2. The average Bonchev–Trinajstić information content (AvgIpc) is 2.89. The summed E-state index contributed by atoms with van der Waals surface area (Å²) in [5.41, 5.74) is 3.15. The maximum atomic E-state index is 6.44. The molecule has 1 aliphatic carbocycles. The summed E-state index contributed by atoms with van der Waals surface area (Å²) in [6, 6.07) is 25.2. The quantitative estimate of drug-likeness (QED) is 0.207. The molecule has 0 amide bonds. The normalized spacial score (nSPS) is 21.7. The Morgan fingerprint density at radius 3 is 1.38 bits per heavy atom. The van der Waals surface area contributed by atoms with E-state index in [4.69, 9.17) is 13.9 Å². The Kier molecular flexibility index (Phi) is 7.73. The topological polar surface area (TPSA) is 27.7 Å². The molecule has 0 saturated carbocycles. The second kappa shape index (κ2) is 10.4. The van der Waals surface area contributed by atoms with Crippen LogP contribution >= 0.6 is 15.9 Å². The van der Waals surface area contributed by atoms with Crippen LogP contribution in [-0.4, -0.2) is 22.5 Å². The smallest absolute Gasteiger partial charge is 0.250 e. The van der Waals surface area contributed by atoms with Crippen molar-refractivity contribution in [1.82, 2.24) is 0 Å². The summed E-state index contributed by atoms with van der Waals surface area (Å²) in [6.07, 6.45) is 8.32. The Balaban J connectivity index is 1.55. The zero-order chi connectivity index (χ0) is 26.9. The molecule has 1 aliphatic rings. The SMILES string of the molecule is COC1(c2ccc(Br)cc2)C=CC(OC)(c2ccc(-c3ccc(O[Si](C)(C)C(C)(C)C)cc3)cc2)C=C1. The standard InChI is InChI=1S/C32H37BrO3Si/c1-30(2,3)37(6,7)36-29-18-10-25(11-19-29)24-8-12-26(13-9-24)31(34-4)20-22-32(35-5,23-21-31)27-14-16-28(33)17-15-27/h8-23H,1-7H3. The average molecular weight is 578 g/mol. The number of hydrogen-bond acceptors (Lipinski definition) is 3. The van der Waals surface area contributed by atoms with Crippen molar-refractivity contribution in [3.63, 3.8) is 0 Å². The highest BCUT2D eigenvalue weighted by atomic mass is 79.9. The second-order valence-electron chi connectivity index (χ2n) is 11.1. The van der Waals surface area contributed by atoms with E-state index in [-0.39, 0.29) is 5.04 Å². The van der Waals surface area contributed by atoms with Crippen LogP contribution < -0.4 is 4.43 Å². The zero-order valence-electron chi connectivity index (χ0n) is 22.8. The van der Waals surface area contributed by atoms with Crippen LogP contribution in [0.15, 0.2) is 102 Å². The largest absolute Gasteiger partial charge is 0.544 e. The van der Waals surface area contributed by atoms with Crippen LogP contribution in [0.1, 0.15) is 31.9 Å². The lowest BCUT2D eigenvalue weighted by Gasteiger charge is -2.36. The lowest BCUT2D eigenvalue weighted by molar-refractivity contribution is 0.0421. The maximum absolute atomic E-state index is 6.44. The van der Waals surface area contributed by atoms with E-state index in [0.717, 1.165) is 32.5 Å². The Hall–Kier alpha value is -2.44. The molecule has 0 bridgehead atoms. The molecule has 0 spiro atoms. The van der Waals surface area contributed by atoms with Crippen LogP contribution in [0.3, 0.4) is 0 Å². The predicted molar refractivity (Wildman–Crippen MR) is 159 cm³/mol. The summed E-state index contributed by atoms with van der Waals surface area (Å²) >= 11 is 3.51. The molecular weight excluding hydrogens is 540 g/mol. The molecule has 0 aliphatic heterocycles. The van der Waals surface area contributed by atoms with Gasteiger partial charge in [0.1, 0.15) is 17.0 Å². The van der Waals surface area contributed by atoms with E-state index in [0.29, 0.717) is 0 Å². The molecule has 0 atom stereocenters. The van der Waals surface area contributed by atoms with Crippen molar-refractivity contribution in [3.05, 3.63) is 113 Å². The Labute approximate surface area is 231 Å². The second-order valence-corrected chi connectivity index (χ2v) is 16.8. The van der Waals surface area contributed by atoms with Crippen molar-refractivity contribution in [1.29, 1.82) is 0 Å². The highest BCUT2D eigenvalue weighted by Gasteiger charge is 2.39. The Morgan fingerprint density at radius 1 is 0.622 bits per heavy atom.